The standard InChI is InChI=1S/C17H25ClN2O2/c1-12-9-20(10-13(2)22-12)17(21)14(3)19(4)11-15-6-5-7-16(18)8-15/h5-8,12-14H,9-11H2,1-4H3. The van der Waals surface area contributed by atoms with E-state index in [-0.39, 0.29) is 24.2 Å². The Morgan fingerprint density at radius 3 is 2.64 bits per heavy atom. The van der Waals surface area contributed by atoms with Gasteiger partial charge in [0.25, 0.3) is 0 Å². The summed E-state index contributed by atoms with van der Waals surface area (Å²) in [6, 6.07) is 7.59. The van der Waals surface area contributed by atoms with Crippen LogP contribution >= 0.6 is 11.6 Å². The third-order valence-electron chi connectivity index (χ3n) is 4.07. The van der Waals surface area contributed by atoms with E-state index in [9.17, 15) is 4.79 Å². The number of morpholine rings is 1. The van der Waals surface area contributed by atoms with Crippen molar-refractivity contribution < 1.29 is 9.53 Å². The Hall–Kier alpha value is -1.10. The van der Waals surface area contributed by atoms with Crippen molar-refractivity contribution in [2.45, 2.75) is 45.6 Å². The summed E-state index contributed by atoms with van der Waals surface area (Å²) in [4.78, 5) is 16.7. The van der Waals surface area contributed by atoms with Crippen molar-refractivity contribution in [3.05, 3.63) is 34.9 Å². The maximum atomic E-state index is 12.7. The van der Waals surface area contributed by atoms with Gasteiger partial charge in [-0.05, 0) is 45.5 Å². The molecule has 1 fully saturated rings. The molecule has 0 aliphatic carbocycles. The number of likely N-dealkylation sites (N-methyl/N-ethyl adjacent to an activating group) is 1. The summed E-state index contributed by atoms with van der Waals surface area (Å²) in [5.41, 5.74) is 1.11. The highest BCUT2D eigenvalue weighted by molar-refractivity contribution is 6.30. The SMILES string of the molecule is CC1CN(C(=O)C(C)N(C)Cc2cccc(Cl)c2)CC(C)O1. The Bertz CT molecular complexity index is 513. The molecule has 1 aromatic rings. The molecule has 0 saturated carbocycles. The maximum Gasteiger partial charge on any atom is 0.239 e. The van der Waals surface area contributed by atoms with Crippen molar-refractivity contribution >= 4 is 17.5 Å². The number of hydrogen-bond donors (Lipinski definition) is 0. The zero-order valence-corrected chi connectivity index (χ0v) is 14.5. The van der Waals surface area contributed by atoms with E-state index in [4.69, 9.17) is 16.3 Å². The Balaban J connectivity index is 1.97. The van der Waals surface area contributed by atoms with Gasteiger partial charge in [0.15, 0.2) is 0 Å². The lowest BCUT2D eigenvalue weighted by molar-refractivity contribution is -0.147. The zero-order valence-electron chi connectivity index (χ0n) is 13.8. The fraction of sp³-hybridized carbons (Fsp3) is 0.588. The first-order valence-corrected chi connectivity index (χ1v) is 8.13. The summed E-state index contributed by atoms with van der Waals surface area (Å²) >= 11 is 6.02. The smallest absolute Gasteiger partial charge is 0.239 e. The molecule has 1 aromatic carbocycles. The molecule has 122 valence electrons. The second kappa shape index (κ2) is 7.44. The molecule has 0 aromatic heterocycles. The first-order valence-electron chi connectivity index (χ1n) is 7.75. The summed E-state index contributed by atoms with van der Waals surface area (Å²) in [6.45, 7) is 8.00. The first-order chi connectivity index (χ1) is 10.4. The van der Waals surface area contributed by atoms with Crippen LogP contribution in [0, 0.1) is 0 Å². The van der Waals surface area contributed by atoms with Crippen molar-refractivity contribution in [1.82, 2.24) is 9.80 Å². The average molecular weight is 325 g/mol. The minimum Gasteiger partial charge on any atom is -0.372 e. The Morgan fingerprint density at radius 2 is 2.05 bits per heavy atom. The molecule has 0 bridgehead atoms. The number of amides is 1. The monoisotopic (exact) mass is 324 g/mol. The van der Waals surface area contributed by atoms with Crippen LogP contribution in [0.4, 0.5) is 0 Å². The van der Waals surface area contributed by atoms with Gasteiger partial charge in [-0.15, -0.1) is 0 Å². The van der Waals surface area contributed by atoms with E-state index in [1.807, 2.05) is 57.0 Å². The van der Waals surface area contributed by atoms with E-state index in [0.29, 0.717) is 19.6 Å². The second-order valence-electron chi connectivity index (χ2n) is 6.22. The number of hydrogen-bond acceptors (Lipinski definition) is 3. The maximum absolute atomic E-state index is 12.7. The van der Waals surface area contributed by atoms with E-state index in [2.05, 4.69) is 4.90 Å². The highest BCUT2D eigenvalue weighted by Gasteiger charge is 2.30. The van der Waals surface area contributed by atoms with Gasteiger partial charge in [-0.25, -0.2) is 0 Å². The predicted octanol–water partition coefficient (Wildman–Crippen LogP) is 2.80. The fourth-order valence-corrected chi connectivity index (χ4v) is 3.08. The number of nitrogens with zero attached hydrogens (tertiary/aromatic N) is 2. The molecule has 0 N–H and O–H groups in total. The van der Waals surface area contributed by atoms with Crippen LogP contribution in [0.3, 0.4) is 0 Å². The van der Waals surface area contributed by atoms with Crippen LogP contribution in [-0.2, 0) is 16.1 Å². The minimum atomic E-state index is -0.170. The highest BCUT2D eigenvalue weighted by Crippen LogP contribution is 2.16. The summed E-state index contributed by atoms with van der Waals surface area (Å²) in [6.07, 6.45) is 0.191. The molecule has 3 atom stereocenters. The molecule has 3 unspecified atom stereocenters. The van der Waals surface area contributed by atoms with Crippen molar-refractivity contribution in [3.63, 3.8) is 0 Å². The molecular formula is C17H25ClN2O2. The van der Waals surface area contributed by atoms with Gasteiger partial charge in [-0.2, -0.15) is 0 Å². The van der Waals surface area contributed by atoms with Gasteiger partial charge in [0.1, 0.15) is 0 Å². The molecule has 1 aliphatic heterocycles. The Morgan fingerprint density at radius 1 is 1.41 bits per heavy atom. The lowest BCUT2D eigenvalue weighted by Gasteiger charge is -2.38. The average Bonchev–Trinajstić information content (AvgIpc) is 2.44. The molecule has 5 heteroatoms. The zero-order chi connectivity index (χ0) is 16.3. The van der Waals surface area contributed by atoms with Gasteiger partial charge in [0.05, 0.1) is 18.2 Å². The molecule has 2 rings (SSSR count). The van der Waals surface area contributed by atoms with Crippen LogP contribution in [0.1, 0.15) is 26.3 Å². The van der Waals surface area contributed by atoms with Crippen molar-refractivity contribution in [3.8, 4) is 0 Å². The molecule has 0 radical (unpaired) electrons. The van der Waals surface area contributed by atoms with E-state index in [0.717, 1.165) is 10.6 Å². The van der Waals surface area contributed by atoms with Crippen molar-refractivity contribution in [1.29, 1.82) is 0 Å². The number of rotatable bonds is 4. The Kier molecular flexibility index (Phi) is 5.84. The van der Waals surface area contributed by atoms with Crippen molar-refractivity contribution in [2.75, 3.05) is 20.1 Å². The molecule has 0 spiro atoms. The lowest BCUT2D eigenvalue weighted by Crippen LogP contribution is -2.53. The predicted molar refractivity (Wildman–Crippen MR) is 89.0 cm³/mol. The van der Waals surface area contributed by atoms with Gasteiger partial charge in [-0.3, -0.25) is 9.69 Å². The van der Waals surface area contributed by atoms with E-state index >= 15 is 0 Å². The van der Waals surface area contributed by atoms with E-state index < -0.39 is 0 Å². The minimum absolute atomic E-state index is 0.0955. The summed E-state index contributed by atoms with van der Waals surface area (Å²) in [5, 5.41) is 0.723. The van der Waals surface area contributed by atoms with Gasteiger partial charge in [-0.1, -0.05) is 23.7 Å². The van der Waals surface area contributed by atoms with Crippen LogP contribution in [0.15, 0.2) is 24.3 Å². The van der Waals surface area contributed by atoms with Crippen molar-refractivity contribution in [2.24, 2.45) is 0 Å². The number of benzene rings is 1. The van der Waals surface area contributed by atoms with E-state index in [1.54, 1.807) is 0 Å². The van der Waals surface area contributed by atoms with Gasteiger partial charge in [0, 0.05) is 24.7 Å². The normalized spacial score (nSPS) is 23.6. The van der Waals surface area contributed by atoms with Crippen LogP contribution in [0.2, 0.25) is 5.02 Å². The van der Waals surface area contributed by atoms with Crippen LogP contribution in [0.5, 0.6) is 0 Å². The van der Waals surface area contributed by atoms with Gasteiger partial charge in [0.2, 0.25) is 5.91 Å². The Labute approximate surface area is 138 Å². The lowest BCUT2D eigenvalue weighted by atomic mass is 10.1. The highest BCUT2D eigenvalue weighted by atomic mass is 35.5. The summed E-state index contributed by atoms with van der Waals surface area (Å²) < 4.78 is 5.69. The van der Waals surface area contributed by atoms with Crippen LogP contribution < -0.4 is 0 Å². The van der Waals surface area contributed by atoms with Crippen LogP contribution in [-0.4, -0.2) is 54.1 Å². The molecule has 1 heterocycles. The molecule has 4 nitrogen and oxygen atoms in total. The van der Waals surface area contributed by atoms with Gasteiger partial charge < -0.3 is 9.64 Å². The van der Waals surface area contributed by atoms with Gasteiger partial charge >= 0.3 is 0 Å². The number of halogens is 1. The molecule has 1 amide bonds. The second-order valence-corrected chi connectivity index (χ2v) is 6.66. The topological polar surface area (TPSA) is 32.8 Å². The first kappa shape index (κ1) is 17.3. The number of ether oxygens (including phenoxy) is 1. The number of carbonyl (C=O) groups excluding carboxylic acids is 1. The number of carbonyl (C=O) groups is 1. The fourth-order valence-electron chi connectivity index (χ4n) is 2.87. The summed E-state index contributed by atoms with van der Waals surface area (Å²) in [7, 11) is 1.97. The summed E-state index contributed by atoms with van der Waals surface area (Å²) in [5.74, 6) is 0.159. The third kappa shape index (κ3) is 4.45. The van der Waals surface area contributed by atoms with E-state index in [1.165, 1.54) is 0 Å². The molecule has 1 aliphatic rings. The quantitative estimate of drug-likeness (QED) is 0.854. The largest absolute Gasteiger partial charge is 0.372 e. The molecular weight excluding hydrogens is 300 g/mol. The molecule has 22 heavy (non-hydrogen) atoms. The third-order valence-corrected chi connectivity index (χ3v) is 4.31. The molecule has 1 saturated heterocycles. The van der Waals surface area contributed by atoms with Crippen LogP contribution in [0.25, 0.3) is 0 Å².